The van der Waals surface area contributed by atoms with Crippen molar-refractivity contribution in [2.75, 3.05) is 26.4 Å². The third-order valence-electron chi connectivity index (χ3n) is 4.18. The van der Waals surface area contributed by atoms with Crippen LogP contribution in [0.4, 0.5) is 0 Å². The van der Waals surface area contributed by atoms with Crippen LogP contribution in [-0.4, -0.2) is 45.7 Å². The normalized spacial score (nSPS) is 11.6. The van der Waals surface area contributed by atoms with Gasteiger partial charge < -0.3 is 10.2 Å². The van der Waals surface area contributed by atoms with E-state index in [1.807, 2.05) is 11.9 Å². The first kappa shape index (κ1) is 23.4. The smallest absolute Gasteiger partial charge is 0.193 e. The van der Waals surface area contributed by atoms with Crippen molar-refractivity contribution in [1.29, 1.82) is 0 Å². The van der Waals surface area contributed by atoms with E-state index in [-0.39, 0.29) is 29.7 Å². The first-order valence-electron chi connectivity index (χ1n) is 8.73. The highest BCUT2D eigenvalue weighted by Crippen LogP contribution is 2.10. The van der Waals surface area contributed by atoms with Gasteiger partial charge in [-0.2, -0.15) is 0 Å². The van der Waals surface area contributed by atoms with E-state index in [1.165, 1.54) is 11.1 Å². The second-order valence-electron chi connectivity index (χ2n) is 6.13. The van der Waals surface area contributed by atoms with E-state index in [1.54, 1.807) is 37.4 Å². The Kier molecular flexibility index (Phi) is 9.79. The molecule has 1 N–H and O–H groups in total. The van der Waals surface area contributed by atoms with Gasteiger partial charge in [0.05, 0.1) is 10.6 Å². The van der Waals surface area contributed by atoms with E-state index in [9.17, 15) is 8.42 Å². The molecule has 148 valence electrons. The van der Waals surface area contributed by atoms with Crippen molar-refractivity contribution in [3.63, 3.8) is 0 Å². The summed E-state index contributed by atoms with van der Waals surface area (Å²) in [6.07, 6.45) is 1.02. The van der Waals surface area contributed by atoms with E-state index >= 15 is 0 Å². The van der Waals surface area contributed by atoms with Gasteiger partial charge >= 0.3 is 0 Å². The Hall–Kier alpha value is -1.61. The molecule has 0 fully saturated rings. The van der Waals surface area contributed by atoms with Gasteiger partial charge in [-0.3, -0.25) is 4.99 Å². The van der Waals surface area contributed by atoms with Crippen molar-refractivity contribution < 1.29 is 8.42 Å². The Labute approximate surface area is 179 Å². The Balaban J connectivity index is 0.00000364. The summed E-state index contributed by atoms with van der Waals surface area (Å²) in [5, 5.41) is 3.13. The highest BCUT2D eigenvalue weighted by molar-refractivity contribution is 14.0. The molecule has 0 atom stereocenters. The molecule has 0 heterocycles. The summed E-state index contributed by atoms with van der Waals surface area (Å²) >= 11 is 0. The molecule has 2 aromatic rings. The molecule has 0 aliphatic rings. The van der Waals surface area contributed by atoms with Crippen LogP contribution in [0, 0.1) is 0 Å². The van der Waals surface area contributed by atoms with Gasteiger partial charge in [-0.1, -0.05) is 49.4 Å². The van der Waals surface area contributed by atoms with Gasteiger partial charge in [0.1, 0.15) is 0 Å². The standard InChI is InChI=1S/C20H27N3O2S.HI/c1-4-17-10-12-18(13-11-17)16-23(3)20(21-2)22-14-15-26(24,25)19-8-6-5-7-9-19;/h5-13H,4,14-16H2,1-3H3,(H,21,22);1H. The highest BCUT2D eigenvalue weighted by atomic mass is 127. The number of rotatable bonds is 7. The fourth-order valence-electron chi connectivity index (χ4n) is 2.66. The van der Waals surface area contributed by atoms with Crippen molar-refractivity contribution in [2.24, 2.45) is 4.99 Å². The van der Waals surface area contributed by atoms with Crippen molar-refractivity contribution >= 4 is 39.8 Å². The minimum absolute atomic E-state index is 0. The maximum atomic E-state index is 12.3. The SMILES string of the molecule is CCc1ccc(CN(C)C(=NC)NCCS(=O)(=O)c2ccccc2)cc1.I. The number of benzene rings is 2. The number of sulfone groups is 1. The fourth-order valence-corrected chi connectivity index (χ4v) is 3.84. The minimum atomic E-state index is -3.29. The molecule has 0 aromatic heterocycles. The summed E-state index contributed by atoms with van der Waals surface area (Å²) in [5.41, 5.74) is 2.49. The monoisotopic (exact) mass is 501 g/mol. The average molecular weight is 501 g/mol. The molecule has 0 unspecified atom stereocenters. The first-order valence-corrected chi connectivity index (χ1v) is 10.4. The maximum Gasteiger partial charge on any atom is 0.193 e. The van der Waals surface area contributed by atoms with Crippen LogP contribution in [0.3, 0.4) is 0 Å². The van der Waals surface area contributed by atoms with E-state index < -0.39 is 9.84 Å². The van der Waals surface area contributed by atoms with Crippen molar-refractivity contribution in [2.45, 2.75) is 24.8 Å². The number of hydrogen-bond acceptors (Lipinski definition) is 3. The van der Waals surface area contributed by atoms with Crippen LogP contribution in [0.15, 0.2) is 64.5 Å². The first-order chi connectivity index (χ1) is 12.5. The van der Waals surface area contributed by atoms with Crippen LogP contribution in [-0.2, 0) is 22.8 Å². The fraction of sp³-hybridized carbons (Fsp3) is 0.350. The van der Waals surface area contributed by atoms with E-state index in [0.29, 0.717) is 23.9 Å². The molecule has 2 aromatic carbocycles. The van der Waals surface area contributed by atoms with Gasteiger partial charge in [0.15, 0.2) is 15.8 Å². The highest BCUT2D eigenvalue weighted by Gasteiger charge is 2.14. The van der Waals surface area contributed by atoms with Crippen LogP contribution >= 0.6 is 24.0 Å². The van der Waals surface area contributed by atoms with Gasteiger partial charge in [-0.05, 0) is 29.7 Å². The molecule has 0 aliphatic carbocycles. The van der Waals surface area contributed by atoms with Gasteiger partial charge in [0.2, 0.25) is 0 Å². The van der Waals surface area contributed by atoms with Gasteiger partial charge in [0.25, 0.3) is 0 Å². The molecule has 27 heavy (non-hydrogen) atoms. The molecule has 0 radical (unpaired) electrons. The summed E-state index contributed by atoms with van der Waals surface area (Å²) in [6, 6.07) is 17.0. The predicted octanol–water partition coefficient (Wildman–Crippen LogP) is 3.35. The van der Waals surface area contributed by atoms with Gasteiger partial charge in [-0.25, -0.2) is 8.42 Å². The Morgan fingerprint density at radius 2 is 1.63 bits per heavy atom. The Morgan fingerprint density at radius 1 is 1.04 bits per heavy atom. The van der Waals surface area contributed by atoms with E-state index in [0.717, 1.165) is 6.42 Å². The third-order valence-corrected chi connectivity index (χ3v) is 5.91. The molecule has 0 spiro atoms. The summed E-state index contributed by atoms with van der Waals surface area (Å²) in [6.45, 7) is 3.15. The molecular weight excluding hydrogens is 473 g/mol. The summed E-state index contributed by atoms with van der Waals surface area (Å²) < 4.78 is 24.7. The van der Waals surface area contributed by atoms with Crippen LogP contribution in [0.5, 0.6) is 0 Å². The van der Waals surface area contributed by atoms with Gasteiger partial charge in [-0.15, -0.1) is 24.0 Å². The average Bonchev–Trinajstić information content (AvgIpc) is 2.66. The van der Waals surface area contributed by atoms with E-state index in [4.69, 9.17) is 0 Å². The van der Waals surface area contributed by atoms with Crippen molar-refractivity contribution in [3.8, 4) is 0 Å². The summed E-state index contributed by atoms with van der Waals surface area (Å²) in [7, 11) is 0.346. The molecule has 2 rings (SSSR count). The second kappa shape index (κ2) is 11.3. The van der Waals surface area contributed by atoms with Crippen LogP contribution in [0.25, 0.3) is 0 Å². The summed E-state index contributed by atoms with van der Waals surface area (Å²) in [4.78, 5) is 6.58. The lowest BCUT2D eigenvalue weighted by Crippen LogP contribution is -2.40. The number of nitrogens with zero attached hydrogens (tertiary/aromatic N) is 2. The molecule has 0 saturated carbocycles. The number of aryl methyl sites for hydroxylation is 1. The van der Waals surface area contributed by atoms with Crippen molar-refractivity contribution in [1.82, 2.24) is 10.2 Å². The number of hydrogen-bond donors (Lipinski definition) is 1. The van der Waals surface area contributed by atoms with Crippen molar-refractivity contribution in [3.05, 3.63) is 65.7 Å². The largest absolute Gasteiger partial charge is 0.355 e. The molecular formula is C20H28IN3O2S. The van der Waals surface area contributed by atoms with Crippen LogP contribution in [0.2, 0.25) is 0 Å². The predicted molar refractivity (Wildman–Crippen MR) is 123 cm³/mol. The molecule has 0 bridgehead atoms. The molecule has 7 heteroatoms. The zero-order chi connectivity index (χ0) is 19.0. The molecule has 0 amide bonds. The zero-order valence-electron chi connectivity index (χ0n) is 16.1. The Morgan fingerprint density at radius 3 is 2.19 bits per heavy atom. The number of halogens is 1. The zero-order valence-corrected chi connectivity index (χ0v) is 19.2. The third kappa shape index (κ3) is 7.14. The molecule has 0 aliphatic heterocycles. The quantitative estimate of drug-likeness (QED) is 0.359. The number of nitrogens with one attached hydrogen (secondary N) is 1. The lowest BCUT2D eigenvalue weighted by Gasteiger charge is -2.22. The maximum absolute atomic E-state index is 12.3. The lowest BCUT2D eigenvalue weighted by atomic mass is 10.1. The van der Waals surface area contributed by atoms with Gasteiger partial charge in [0, 0.05) is 27.2 Å². The Bertz CT molecular complexity index is 822. The summed E-state index contributed by atoms with van der Waals surface area (Å²) in [5.74, 6) is 0.697. The lowest BCUT2D eigenvalue weighted by molar-refractivity contribution is 0.478. The van der Waals surface area contributed by atoms with E-state index in [2.05, 4.69) is 41.5 Å². The minimum Gasteiger partial charge on any atom is -0.355 e. The topological polar surface area (TPSA) is 61.8 Å². The van der Waals surface area contributed by atoms with Crippen LogP contribution < -0.4 is 5.32 Å². The molecule has 5 nitrogen and oxygen atoms in total. The number of guanidine groups is 1. The second-order valence-corrected chi connectivity index (χ2v) is 8.24. The number of aliphatic imine (C=N–C) groups is 1. The van der Waals surface area contributed by atoms with Crippen LogP contribution in [0.1, 0.15) is 18.1 Å². The molecule has 0 saturated heterocycles.